The van der Waals surface area contributed by atoms with Gasteiger partial charge in [-0.1, -0.05) is 13.0 Å². The summed E-state index contributed by atoms with van der Waals surface area (Å²) in [5.41, 5.74) is 1.72. The van der Waals surface area contributed by atoms with Crippen molar-refractivity contribution in [1.82, 2.24) is 9.80 Å². The summed E-state index contributed by atoms with van der Waals surface area (Å²) in [6.07, 6.45) is 0. The van der Waals surface area contributed by atoms with Gasteiger partial charge in [-0.25, -0.2) is 0 Å². The zero-order chi connectivity index (χ0) is 14.5. The van der Waals surface area contributed by atoms with Crippen molar-refractivity contribution >= 4 is 11.4 Å². The van der Waals surface area contributed by atoms with E-state index in [0.29, 0.717) is 5.69 Å². The maximum atomic E-state index is 11.1. The first-order valence-corrected chi connectivity index (χ1v) is 7.03. The van der Waals surface area contributed by atoms with Crippen molar-refractivity contribution < 1.29 is 4.92 Å². The number of nitro groups is 1. The highest BCUT2D eigenvalue weighted by Crippen LogP contribution is 2.25. The Bertz CT molecular complexity index is 470. The summed E-state index contributed by atoms with van der Waals surface area (Å²) < 4.78 is 0. The van der Waals surface area contributed by atoms with Crippen LogP contribution < -0.4 is 5.32 Å². The average molecular weight is 278 g/mol. The van der Waals surface area contributed by atoms with Crippen LogP contribution in [0.3, 0.4) is 0 Å². The van der Waals surface area contributed by atoms with E-state index in [4.69, 9.17) is 0 Å². The summed E-state index contributed by atoms with van der Waals surface area (Å²) in [6, 6.07) is 5.43. The smallest absolute Gasteiger partial charge is 0.292 e. The second-order valence-electron chi connectivity index (χ2n) is 5.07. The number of piperazine rings is 1. The Morgan fingerprint density at radius 1 is 1.25 bits per heavy atom. The van der Waals surface area contributed by atoms with Crippen molar-refractivity contribution in [2.24, 2.45) is 0 Å². The first-order valence-electron chi connectivity index (χ1n) is 7.03. The van der Waals surface area contributed by atoms with Gasteiger partial charge in [0.25, 0.3) is 5.69 Å². The number of nitrogens with one attached hydrogen (secondary N) is 1. The lowest BCUT2D eigenvalue weighted by molar-refractivity contribution is -0.384. The van der Waals surface area contributed by atoms with Crippen LogP contribution in [0.4, 0.5) is 11.4 Å². The molecule has 1 aliphatic rings. The Balaban J connectivity index is 2.03. The lowest BCUT2D eigenvalue weighted by atomic mass is 10.1. The largest absolute Gasteiger partial charge is 0.383 e. The van der Waals surface area contributed by atoms with Crippen LogP contribution in [0.5, 0.6) is 0 Å². The summed E-state index contributed by atoms with van der Waals surface area (Å²) >= 11 is 0. The number of anilines is 1. The van der Waals surface area contributed by atoms with E-state index in [2.05, 4.69) is 22.0 Å². The lowest BCUT2D eigenvalue weighted by Crippen LogP contribution is -2.45. The minimum atomic E-state index is -0.329. The van der Waals surface area contributed by atoms with Gasteiger partial charge in [0, 0.05) is 45.8 Å². The van der Waals surface area contributed by atoms with E-state index in [-0.39, 0.29) is 10.6 Å². The molecule has 6 nitrogen and oxygen atoms in total. The van der Waals surface area contributed by atoms with Crippen molar-refractivity contribution in [1.29, 1.82) is 0 Å². The lowest BCUT2D eigenvalue weighted by Gasteiger charge is -2.34. The monoisotopic (exact) mass is 278 g/mol. The summed E-state index contributed by atoms with van der Waals surface area (Å²) in [4.78, 5) is 15.5. The molecule has 1 aliphatic heterocycles. The number of benzene rings is 1. The van der Waals surface area contributed by atoms with Crippen LogP contribution in [-0.2, 0) is 6.54 Å². The van der Waals surface area contributed by atoms with E-state index in [1.807, 2.05) is 6.07 Å². The molecule has 1 aromatic carbocycles. The van der Waals surface area contributed by atoms with E-state index < -0.39 is 0 Å². The van der Waals surface area contributed by atoms with Gasteiger partial charge in [0.2, 0.25) is 0 Å². The van der Waals surface area contributed by atoms with Gasteiger partial charge < -0.3 is 10.2 Å². The molecule has 110 valence electrons. The topological polar surface area (TPSA) is 61.6 Å². The first kappa shape index (κ1) is 14.7. The Morgan fingerprint density at radius 3 is 2.45 bits per heavy atom. The molecule has 0 bridgehead atoms. The van der Waals surface area contributed by atoms with Crippen LogP contribution in [0.2, 0.25) is 0 Å². The van der Waals surface area contributed by atoms with Gasteiger partial charge in [-0.05, 0) is 18.2 Å². The molecule has 1 aromatic rings. The van der Waals surface area contributed by atoms with Gasteiger partial charge >= 0.3 is 0 Å². The maximum Gasteiger partial charge on any atom is 0.292 e. The van der Waals surface area contributed by atoms with E-state index in [9.17, 15) is 10.1 Å². The predicted octanol–water partition coefficient (Wildman–Crippen LogP) is 1.77. The van der Waals surface area contributed by atoms with Crippen LogP contribution in [0.15, 0.2) is 18.2 Å². The predicted molar refractivity (Wildman–Crippen MR) is 80.0 cm³/mol. The molecular formula is C14H22N4O2. The minimum Gasteiger partial charge on any atom is -0.383 e. The van der Waals surface area contributed by atoms with Crippen LogP contribution in [-0.4, -0.2) is 54.5 Å². The second-order valence-corrected chi connectivity index (χ2v) is 5.07. The maximum absolute atomic E-state index is 11.1. The quantitative estimate of drug-likeness (QED) is 0.657. The highest BCUT2D eigenvalue weighted by molar-refractivity contribution is 5.62. The summed E-state index contributed by atoms with van der Waals surface area (Å²) in [7, 11) is 1.70. The number of nitro benzene ring substituents is 1. The zero-order valence-electron chi connectivity index (χ0n) is 12.1. The number of nitrogens with zero attached hydrogens (tertiary/aromatic N) is 3. The Hall–Kier alpha value is -1.66. The number of hydrogen-bond donors (Lipinski definition) is 1. The molecule has 1 fully saturated rings. The fraction of sp³-hybridized carbons (Fsp3) is 0.571. The normalized spacial score (nSPS) is 17.1. The second kappa shape index (κ2) is 6.67. The summed E-state index contributed by atoms with van der Waals surface area (Å²) in [5.74, 6) is 0. The van der Waals surface area contributed by atoms with Gasteiger partial charge in [-0.2, -0.15) is 0 Å². The van der Waals surface area contributed by atoms with Gasteiger partial charge in [-0.3, -0.25) is 15.0 Å². The van der Waals surface area contributed by atoms with Crippen molar-refractivity contribution in [3.05, 3.63) is 33.9 Å². The molecule has 1 heterocycles. The third kappa shape index (κ3) is 3.46. The van der Waals surface area contributed by atoms with Crippen LogP contribution in [0.25, 0.3) is 0 Å². The van der Waals surface area contributed by atoms with E-state index in [1.165, 1.54) is 0 Å². The fourth-order valence-electron chi connectivity index (χ4n) is 2.56. The SMILES string of the molecule is CCN1CCN(Cc2ccc(NC)c([N+](=O)[O-])c2)CC1. The molecule has 0 unspecified atom stereocenters. The van der Waals surface area contributed by atoms with E-state index in [0.717, 1.165) is 44.8 Å². The molecule has 0 saturated carbocycles. The van der Waals surface area contributed by atoms with Crippen molar-refractivity contribution in [3.63, 3.8) is 0 Å². The fourth-order valence-corrected chi connectivity index (χ4v) is 2.56. The number of rotatable bonds is 5. The number of hydrogen-bond acceptors (Lipinski definition) is 5. The molecule has 1 saturated heterocycles. The molecule has 0 spiro atoms. The highest BCUT2D eigenvalue weighted by Gasteiger charge is 2.18. The Kier molecular flexibility index (Phi) is 4.92. The van der Waals surface area contributed by atoms with E-state index in [1.54, 1.807) is 19.2 Å². The molecule has 1 N–H and O–H groups in total. The Morgan fingerprint density at radius 2 is 1.90 bits per heavy atom. The van der Waals surface area contributed by atoms with E-state index >= 15 is 0 Å². The van der Waals surface area contributed by atoms with Gasteiger partial charge in [0.1, 0.15) is 5.69 Å². The van der Waals surface area contributed by atoms with Gasteiger partial charge in [-0.15, -0.1) is 0 Å². The molecule has 0 atom stereocenters. The molecule has 0 aromatic heterocycles. The van der Waals surface area contributed by atoms with Crippen LogP contribution in [0, 0.1) is 10.1 Å². The number of likely N-dealkylation sites (N-methyl/N-ethyl adjacent to an activating group) is 1. The van der Waals surface area contributed by atoms with Crippen LogP contribution >= 0.6 is 0 Å². The summed E-state index contributed by atoms with van der Waals surface area (Å²) in [6.45, 7) is 8.25. The van der Waals surface area contributed by atoms with Crippen molar-refractivity contribution in [3.8, 4) is 0 Å². The third-order valence-electron chi connectivity index (χ3n) is 3.85. The highest BCUT2D eigenvalue weighted by atomic mass is 16.6. The first-order chi connectivity index (χ1) is 9.63. The molecule has 0 aliphatic carbocycles. The molecule has 20 heavy (non-hydrogen) atoms. The molecule has 6 heteroatoms. The van der Waals surface area contributed by atoms with Gasteiger partial charge in [0.05, 0.1) is 4.92 Å². The van der Waals surface area contributed by atoms with Crippen molar-refractivity contribution in [2.75, 3.05) is 45.1 Å². The van der Waals surface area contributed by atoms with Crippen molar-refractivity contribution in [2.45, 2.75) is 13.5 Å². The van der Waals surface area contributed by atoms with Crippen LogP contribution in [0.1, 0.15) is 12.5 Å². The molecule has 0 amide bonds. The third-order valence-corrected chi connectivity index (χ3v) is 3.85. The Labute approximate surface area is 119 Å². The minimum absolute atomic E-state index is 0.150. The van der Waals surface area contributed by atoms with Gasteiger partial charge in [0.15, 0.2) is 0 Å². The zero-order valence-corrected chi connectivity index (χ0v) is 12.1. The molecular weight excluding hydrogens is 256 g/mol. The summed E-state index contributed by atoms with van der Waals surface area (Å²) in [5, 5.41) is 13.9. The average Bonchev–Trinajstić information content (AvgIpc) is 2.48. The standard InChI is InChI=1S/C14H22N4O2/c1-3-16-6-8-17(9-7-16)11-12-4-5-13(15-2)14(10-12)18(19)20/h4-5,10,15H,3,6-9,11H2,1-2H3. The molecule has 2 rings (SSSR count). The molecule has 0 radical (unpaired) electrons.